The third-order valence-corrected chi connectivity index (χ3v) is 18.9. The molecule has 0 aliphatic carbocycles. The number of anilines is 6. The minimum Gasteiger partial charge on any atom is -0.481 e. The van der Waals surface area contributed by atoms with Crippen molar-refractivity contribution in [3.05, 3.63) is 123 Å². The van der Waals surface area contributed by atoms with Crippen LogP contribution in [0.4, 0.5) is 47.7 Å². The fourth-order valence-corrected chi connectivity index (χ4v) is 13.2. The molecule has 3 atom stereocenters. The fraction of sp³-hybridized carbons (Fsp3) is 0.412. The second kappa shape index (κ2) is 23.3. The summed E-state index contributed by atoms with van der Waals surface area (Å²) < 4.78 is 117. The molecule has 11 N–H and O–H groups in total. The Hall–Kier alpha value is -7.58. The number of rotatable bonds is 6. The second-order valence-electron chi connectivity index (χ2n) is 20.6. The highest BCUT2D eigenvalue weighted by Gasteiger charge is 2.37. The number of aliphatic carboxylic acids is 1. The predicted octanol–water partition coefficient (Wildman–Crippen LogP) is 3.44. The van der Waals surface area contributed by atoms with Crippen LogP contribution >= 0.6 is 0 Å². The molecule has 0 saturated carbocycles. The fourth-order valence-electron chi connectivity index (χ4n) is 10.9. The number of benzene rings is 3. The molecule has 31 heteroatoms. The monoisotopic (exact) mass is 1200 g/mol. The van der Waals surface area contributed by atoms with Gasteiger partial charge in [0.25, 0.3) is 11.8 Å². The predicted molar refractivity (Wildman–Crippen MR) is 299 cm³/mol. The molecule has 440 valence electrons. The zero-order chi connectivity index (χ0) is 59.2. The first-order valence-corrected chi connectivity index (χ1v) is 31.5. The highest BCUT2D eigenvalue weighted by Crippen LogP contribution is 2.38. The summed E-state index contributed by atoms with van der Waals surface area (Å²) in [7, 11) is -9.86. The van der Waals surface area contributed by atoms with E-state index in [9.17, 15) is 52.8 Å². The summed E-state index contributed by atoms with van der Waals surface area (Å²) in [6, 6.07) is 12.8. The number of carbonyl (C=O) groups is 3. The van der Waals surface area contributed by atoms with Crippen LogP contribution in [0.15, 0.2) is 54.6 Å². The average molecular weight is 1200 g/mol. The number of sulfonamides is 3. The Morgan fingerprint density at radius 2 is 0.988 bits per heavy atom. The van der Waals surface area contributed by atoms with Gasteiger partial charge < -0.3 is 38.3 Å². The molecule has 3 unspecified atom stereocenters. The van der Waals surface area contributed by atoms with Crippen molar-refractivity contribution in [2.24, 2.45) is 0 Å². The summed E-state index contributed by atoms with van der Waals surface area (Å²) in [4.78, 5) is 37.2. The molecule has 12 rings (SSSR count). The van der Waals surface area contributed by atoms with E-state index in [1.54, 1.807) is 18.2 Å². The van der Waals surface area contributed by atoms with Gasteiger partial charge in [-0.05, 0) is 110 Å². The third-order valence-electron chi connectivity index (χ3n) is 15.2. The van der Waals surface area contributed by atoms with Gasteiger partial charge >= 0.3 is 5.97 Å². The zero-order valence-corrected chi connectivity index (χ0v) is 47.3. The minimum atomic E-state index is -3.40. The van der Waals surface area contributed by atoms with Gasteiger partial charge in [0.15, 0.2) is 0 Å². The number of aromatic amines is 1. The molecule has 0 fully saturated rings. The van der Waals surface area contributed by atoms with Crippen LogP contribution in [0, 0.1) is 17.5 Å². The molecular weight excluding hydrogens is 1140 g/mol. The summed E-state index contributed by atoms with van der Waals surface area (Å²) >= 11 is 0. The van der Waals surface area contributed by atoms with E-state index in [1.807, 2.05) is 0 Å². The van der Waals surface area contributed by atoms with Crippen LogP contribution in [0.1, 0.15) is 97.1 Å². The van der Waals surface area contributed by atoms with Crippen LogP contribution in [0.3, 0.4) is 0 Å². The van der Waals surface area contributed by atoms with Crippen molar-refractivity contribution < 1.29 is 57.9 Å². The Kier molecular flexibility index (Phi) is 16.8. The molecule has 6 aliphatic rings. The van der Waals surface area contributed by atoms with Gasteiger partial charge in [-0.25, -0.2) is 43.1 Å². The van der Waals surface area contributed by atoms with Gasteiger partial charge in [0.05, 0.1) is 73.2 Å². The van der Waals surface area contributed by atoms with Gasteiger partial charge in [0.1, 0.15) is 34.9 Å². The van der Waals surface area contributed by atoms with Gasteiger partial charge in [0.2, 0.25) is 30.1 Å². The molecule has 3 aromatic heterocycles. The van der Waals surface area contributed by atoms with Gasteiger partial charge in [-0.3, -0.25) is 19.5 Å². The van der Waals surface area contributed by atoms with E-state index in [1.165, 1.54) is 60.3 Å². The summed E-state index contributed by atoms with van der Waals surface area (Å²) in [6.07, 6.45) is 6.40. The van der Waals surface area contributed by atoms with Gasteiger partial charge in [-0.2, -0.15) is 27.8 Å². The molecule has 25 nitrogen and oxygen atoms in total. The Labute approximate surface area is 470 Å². The topological polar surface area (TPSA) is 362 Å². The smallest absolute Gasteiger partial charge is 0.311 e. The van der Waals surface area contributed by atoms with Crippen molar-refractivity contribution in [1.82, 2.24) is 42.7 Å². The maximum atomic E-state index is 13.7. The van der Waals surface area contributed by atoms with Crippen molar-refractivity contribution in [3.63, 3.8) is 0 Å². The molecule has 6 aliphatic heterocycles. The molecule has 0 saturated heterocycles. The lowest BCUT2D eigenvalue weighted by Gasteiger charge is -2.28. The third kappa shape index (κ3) is 12.6. The molecule has 6 aromatic rings. The summed E-state index contributed by atoms with van der Waals surface area (Å²) in [5.74, 6) is -3.53. The van der Waals surface area contributed by atoms with Crippen LogP contribution < -0.4 is 33.2 Å². The van der Waals surface area contributed by atoms with Crippen LogP contribution in [0.25, 0.3) is 0 Å². The van der Waals surface area contributed by atoms with Crippen molar-refractivity contribution in [1.29, 1.82) is 0 Å². The molecule has 0 spiro atoms. The Bertz CT molecular complexity index is 3830. The van der Waals surface area contributed by atoms with Crippen LogP contribution in [-0.4, -0.2) is 149 Å². The number of carboxylic acids is 1. The molecule has 0 amide bonds. The number of hydrogen-bond donors (Lipinski definition) is 8. The van der Waals surface area contributed by atoms with Crippen molar-refractivity contribution in [2.45, 2.75) is 75.9 Å². The first-order chi connectivity index (χ1) is 38.7. The molecule has 82 heavy (non-hydrogen) atoms. The largest absolute Gasteiger partial charge is 0.481 e. The van der Waals surface area contributed by atoms with Crippen LogP contribution in [0.5, 0.6) is 0 Å². The molecule has 3 aromatic carbocycles. The van der Waals surface area contributed by atoms with Gasteiger partial charge in [-0.1, -0.05) is 0 Å². The van der Waals surface area contributed by atoms with Crippen molar-refractivity contribution in [2.75, 3.05) is 91.2 Å². The van der Waals surface area contributed by atoms with Gasteiger partial charge in [0, 0.05) is 73.0 Å². The quantitative estimate of drug-likeness (QED) is 0.118. The van der Waals surface area contributed by atoms with E-state index in [-0.39, 0.29) is 36.5 Å². The molecular formula is C51H62F3N15O10S3. The highest BCUT2D eigenvalue weighted by atomic mass is 32.2. The van der Waals surface area contributed by atoms with Crippen LogP contribution in [-0.2, 0) is 73.8 Å². The van der Waals surface area contributed by atoms with E-state index in [0.29, 0.717) is 135 Å². The van der Waals surface area contributed by atoms with E-state index in [0.717, 1.165) is 39.8 Å². The number of halogens is 3. The van der Waals surface area contributed by atoms with Gasteiger partial charge in [-0.15, -0.1) is 5.10 Å². The SMILES string of the molecule is CS(=O)(=O)N1CCc2c(N)n[nH]c2C1.CS(=O)(=O)N1CCc2c(N)nn(C(=O)C3CCNc4ccc(F)cc43)c2C1.CS(=O)(=O)N1CCc2c(nn(C(=O)C3CCNc4ccc(F)cc43)c2N)C1.O=C(O)C1CCNc2ccc(F)cc21. The van der Waals surface area contributed by atoms with Crippen molar-refractivity contribution in [3.8, 4) is 0 Å². The lowest BCUT2D eigenvalue weighted by Crippen LogP contribution is -2.37. The lowest BCUT2D eigenvalue weighted by molar-refractivity contribution is -0.139. The number of nitrogens with one attached hydrogen (secondary N) is 4. The molecule has 9 heterocycles. The van der Waals surface area contributed by atoms with E-state index in [4.69, 9.17) is 22.3 Å². The number of hydrogen-bond acceptors (Lipinski definition) is 18. The molecule has 0 bridgehead atoms. The Morgan fingerprint density at radius 3 is 1.48 bits per heavy atom. The number of aromatic nitrogens is 6. The average Bonchev–Trinajstić information content (AvgIpc) is 3.46. The van der Waals surface area contributed by atoms with Crippen molar-refractivity contribution >= 4 is 82.4 Å². The maximum absolute atomic E-state index is 13.7. The van der Waals surface area contributed by atoms with Crippen LogP contribution in [0.2, 0.25) is 0 Å². The van der Waals surface area contributed by atoms with E-state index < -0.39 is 71.2 Å². The van der Waals surface area contributed by atoms with E-state index in [2.05, 4.69) is 36.3 Å². The number of carboxylic acid groups (broad SMARTS) is 1. The summed E-state index contributed by atoms with van der Waals surface area (Å²) in [5, 5.41) is 33.4. The highest BCUT2D eigenvalue weighted by molar-refractivity contribution is 7.88. The number of fused-ring (bicyclic) bond motifs is 6. The number of nitrogen functional groups attached to an aromatic ring is 3. The van der Waals surface area contributed by atoms with E-state index >= 15 is 0 Å². The normalized spacial score (nSPS) is 19.5. The lowest BCUT2D eigenvalue weighted by atomic mass is 9.90. The number of carbonyl (C=O) groups excluding carboxylic acids is 2. The number of H-pyrrole nitrogens is 1. The summed E-state index contributed by atoms with van der Waals surface area (Å²) in [5.41, 5.74) is 25.8. The molecule has 0 radical (unpaired) electrons. The Morgan fingerprint density at radius 1 is 0.561 bits per heavy atom. The standard InChI is InChI=1S/2C17H20FN5O3S.C10H10FNO2.C7H12N4O2S/c1-27(25,26)22-7-5-12-15(9-22)23(21-16(12)19)17(24)11-4-6-20-14-3-2-10(18)8-13(11)14;1-27(25,26)22-7-5-12-15(9-22)21-23(16(12)19)17(24)11-4-6-20-14-3-2-10(18)8-13(11)14;11-6-1-2-9-8(5-6)7(10(13)14)3-4-12-9;1-14(12,13)11-3-2-5-6(4-11)9-10-7(5)8/h2-3,8,11,20H,4-7,9H2,1H3,(H2,19,21);2-3,8,11,20H,4-7,9,19H2,1H3;1-2,5,7,12H,3-4H2,(H,13,14);2-4H2,1H3,(H3,8,9,10). The first kappa shape index (κ1) is 59.1. The maximum Gasteiger partial charge on any atom is 0.311 e. The first-order valence-electron chi connectivity index (χ1n) is 26.0. The second-order valence-corrected chi connectivity index (χ2v) is 26.5. The number of nitrogens with two attached hydrogens (primary N) is 3. The zero-order valence-electron chi connectivity index (χ0n) is 44.8. The summed E-state index contributed by atoms with van der Waals surface area (Å²) in [6.45, 7) is 3.35. The minimum absolute atomic E-state index is 0.0467. The Balaban J connectivity index is 0.000000138. The number of nitrogens with zero attached hydrogens (tertiary/aromatic N) is 8.